The van der Waals surface area contributed by atoms with Gasteiger partial charge in [0.1, 0.15) is 6.33 Å². The van der Waals surface area contributed by atoms with Crippen LogP contribution in [0.4, 0.5) is 0 Å². The number of aromatic nitrogens is 3. The molecule has 0 saturated heterocycles. The number of ether oxygens (including phenoxy) is 1. The van der Waals surface area contributed by atoms with Crippen molar-refractivity contribution in [1.29, 1.82) is 0 Å². The number of aromatic hydroxyl groups is 1. The molecule has 1 aromatic heterocycles. The second kappa shape index (κ2) is 5.05. The summed E-state index contributed by atoms with van der Waals surface area (Å²) in [5, 5.41) is 17.8. The van der Waals surface area contributed by atoms with Gasteiger partial charge >= 0.3 is 0 Å². The summed E-state index contributed by atoms with van der Waals surface area (Å²) in [6.07, 6.45) is 1.66. The predicted octanol–water partition coefficient (Wildman–Crippen LogP) is 2.65. The second-order valence-corrected chi connectivity index (χ2v) is 4.25. The first kappa shape index (κ1) is 12.2. The maximum atomic E-state index is 9.65. The van der Waals surface area contributed by atoms with Gasteiger partial charge in [-0.3, -0.25) is 4.57 Å². The van der Waals surface area contributed by atoms with Crippen LogP contribution in [0.3, 0.4) is 0 Å². The maximum absolute atomic E-state index is 9.65. The van der Waals surface area contributed by atoms with Crippen molar-refractivity contribution in [2.45, 2.75) is 0 Å². The molecule has 20 heavy (non-hydrogen) atoms. The summed E-state index contributed by atoms with van der Waals surface area (Å²) in [7, 11) is 1.51. The van der Waals surface area contributed by atoms with Crippen molar-refractivity contribution in [2.24, 2.45) is 0 Å². The van der Waals surface area contributed by atoms with E-state index in [1.165, 1.54) is 7.11 Å². The third kappa shape index (κ3) is 2.09. The van der Waals surface area contributed by atoms with Crippen LogP contribution < -0.4 is 4.74 Å². The highest BCUT2D eigenvalue weighted by Gasteiger charge is 2.11. The number of rotatable bonds is 3. The summed E-state index contributed by atoms with van der Waals surface area (Å²) >= 11 is 0. The van der Waals surface area contributed by atoms with Gasteiger partial charge in [-0.1, -0.05) is 18.2 Å². The fraction of sp³-hybridized carbons (Fsp3) is 0.0667. The summed E-state index contributed by atoms with van der Waals surface area (Å²) < 4.78 is 7.00. The number of hydrogen-bond acceptors (Lipinski definition) is 4. The number of hydrogen-bond donors (Lipinski definition) is 1. The lowest BCUT2D eigenvalue weighted by atomic mass is 10.2. The molecule has 0 bridgehead atoms. The first-order valence-electron chi connectivity index (χ1n) is 6.12. The van der Waals surface area contributed by atoms with Crippen LogP contribution in [0.5, 0.6) is 11.5 Å². The molecule has 3 rings (SSSR count). The highest BCUT2D eigenvalue weighted by Crippen LogP contribution is 2.31. The minimum atomic E-state index is 0.0991. The topological polar surface area (TPSA) is 60.2 Å². The summed E-state index contributed by atoms with van der Waals surface area (Å²) in [6.45, 7) is 0. The number of para-hydroxylation sites is 1. The molecule has 5 heteroatoms. The van der Waals surface area contributed by atoms with Gasteiger partial charge in [0.05, 0.1) is 7.11 Å². The minimum absolute atomic E-state index is 0.0991. The molecule has 0 aliphatic heterocycles. The fourth-order valence-electron chi connectivity index (χ4n) is 2.03. The van der Waals surface area contributed by atoms with Gasteiger partial charge in [-0.15, -0.1) is 10.2 Å². The maximum Gasteiger partial charge on any atom is 0.168 e. The molecular formula is C15H13N3O2. The van der Waals surface area contributed by atoms with Gasteiger partial charge in [-0.25, -0.2) is 0 Å². The zero-order valence-corrected chi connectivity index (χ0v) is 10.9. The predicted molar refractivity (Wildman–Crippen MR) is 75.0 cm³/mol. The van der Waals surface area contributed by atoms with Gasteiger partial charge in [0.25, 0.3) is 0 Å². The average molecular weight is 267 g/mol. The lowest BCUT2D eigenvalue weighted by Gasteiger charge is -2.08. The summed E-state index contributed by atoms with van der Waals surface area (Å²) in [5.74, 6) is 1.20. The molecule has 0 fully saturated rings. The van der Waals surface area contributed by atoms with E-state index in [9.17, 15) is 5.11 Å². The largest absolute Gasteiger partial charge is 0.504 e. The molecule has 1 N–H and O–H groups in total. The van der Waals surface area contributed by atoms with Crippen LogP contribution >= 0.6 is 0 Å². The van der Waals surface area contributed by atoms with E-state index in [0.717, 1.165) is 11.3 Å². The molecule has 0 unspecified atom stereocenters. The monoisotopic (exact) mass is 267 g/mol. The van der Waals surface area contributed by atoms with E-state index in [2.05, 4.69) is 10.2 Å². The van der Waals surface area contributed by atoms with Crippen LogP contribution in [-0.4, -0.2) is 27.0 Å². The third-order valence-corrected chi connectivity index (χ3v) is 3.02. The summed E-state index contributed by atoms with van der Waals surface area (Å²) in [5.41, 5.74) is 1.79. The second-order valence-electron chi connectivity index (χ2n) is 4.25. The number of phenolic OH excluding ortho intramolecular Hbond substituents is 1. The molecule has 0 aliphatic rings. The Bertz CT molecular complexity index is 723. The SMILES string of the molecule is COc1cc(-c2nncn2-c2ccccc2)ccc1O. The molecule has 0 atom stereocenters. The number of benzene rings is 2. The van der Waals surface area contributed by atoms with Gasteiger partial charge in [0.2, 0.25) is 0 Å². The Balaban J connectivity index is 2.10. The van der Waals surface area contributed by atoms with Crippen molar-refractivity contribution < 1.29 is 9.84 Å². The van der Waals surface area contributed by atoms with Crippen molar-refractivity contribution in [1.82, 2.24) is 14.8 Å². The van der Waals surface area contributed by atoms with Crippen molar-refractivity contribution in [2.75, 3.05) is 7.11 Å². The fourth-order valence-corrected chi connectivity index (χ4v) is 2.03. The minimum Gasteiger partial charge on any atom is -0.504 e. The van der Waals surface area contributed by atoms with E-state index in [4.69, 9.17) is 4.74 Å². The van der Waals surface area contributed by atoms with E-state index in [1.54, 1.807) is 24.5 Å². The molecular weight excluding hydrogens is 254 g/mol. The highest BCUT2D eigenvalue weighted by molar-refractivity contribution is 5.62. The van der Waals surface area contributed by atoms with Crippen LogP contribution in [0, 0.1) is 0 Å². The van der Waals surface area contributed by atoms with Crippen LogP contribution in [0.1, 0.15) is 0 Å². The Morgan fingerprint density at radius 1 is 1.10 bits per heavy atom. The molecule has 3 aromatic rings. The molecule has 0 saturated carbocycles. The molecule has 5 nitrogen and oxygen atoms in total. The first-order valence-corrected chi connectivity index (χ1v) is 6.12. The molecule has 0 spiro atoms. The van der Waals surface area contributed by atoms with Gasteiger partial charge in [0.15, 0.2) is 17.3 Å². The zero-order valence-electron chi connectivity index (χ0n) is 10.9. The van der Waals surface area contributed by atoms with E-state index in [-0.39, 0.29) is 5.75 Å². The highest BCUT2D eigenvalue weighted by atomic mass is 16.5. The summed E-state index contributed by atoms with van der Waals surface area (Å²) in [4.78, 5) is 0. The average Bonchev–Trinajstić information content (AvgIpc) is 2.98. The quantitative estimate of drug-likeness (QED) is 0.792. The van der Waals surface area contributed by atoms with Crippen LogP contribution in [0.15, 0.2) is 54.9 Å². The Morgan fingerprint density at radius 3 is 2.65 bits per heavy atom. The molecule has 2 aromatic carbocycles. The first-order chi connectivity index (χ1) is 9.79. The smallest absolute Gasteiger partial charge is 0.168 e. The van der Waals surface area contributed by atoms with E-state index in [0.29, 0.717) is 11.6 Å². The van der Waals surface area contributed by atoms with Crippen molar-refractivity contribution in [3.8, 4) is 28.6 Å². The zero-order chi connectivity index (χ0) is 13.9. The van der Waals surface area contributed by atoms with Gasteiger partial charge in [0, 0.05) is 11.3 Å². The third-order valence-electron chi connectivity index (χ3n) is 3.02. The molecule has 100 valence electrons. The van der Waals surface area contributed by atoms with Crippen LogP contribution in [-0.2, 0) is 0 Å². The van der Waals surface area contributed by atoms with E-state index in [1.807, 2.05) is 34.9 Å². The van der Waals surface area contributed by atoms with Crippen molar-refractivity contribution in [3.05, 3.63) is 54.9 Å². The van der Waals surface area contributed by atoms with Crippen molar-refractivity contribution >= 4 is 0 Å². The van der Waals surface area contributed by atoms with Crippen LogP contribution in [0.2, 0.25) is 0 Å². The molecule has 0 aliphatic carbocycles. The lowest BCUT2D eigenvalue weighted by molar-refractivity contribution is 0.373. The van der Waals surface area contributed by atoms with E-state index < -0.39 is 0 Å². The number of phenols is 1. The Morgan fingerprint density at radius 2 is 1.90 bits per heavy atom. The lowest BCUT2D eigenvalue weighted by Crippen LogP contribution is -1.96. The normalized spacial score (nSPS) is 10.4. The Hall–Kier alpha value is -2.82. The Labute approximate surface area is 116 Å². The standard InChI is InChI=1S/C15H13N3O2/c1-20-14-9-11(7-8-13(14)19)15-17-16-10-18(15)12-5-3-2-4-6-12/h2-10,19H,1H3. The van der Waals surface area contributed by atoms with Crippen molar-refractivity contribution in [3.63, 3.8) is 0 Å². The van der Waals surface area contributed by atoms with Crippen LogP contribution in [0.25, 0.3) is 17.1 Å². The Kier molecular flexibility index (Phi) is 3.09. The number of methoxy groups -OCH3 is 1. The van der Waals surface area contributed by atoms with Gasteiger partial charge < -0.3 is 9.84 Å². The number of nitrogens with zero attached hydrogens (tertiary/aromatic N) is 3. The van der Waals surface area contributed by atoms with Gasteiger partial charge in [-0.05, 0) is 30.3 Å². The molecule has 0 amide bonds. The summed E-state index contributed by atoms with van der Waals surface area (Å²) in [6, 6.07) is 14.9. The molecule has 0 radical (unpaired) electrons. The van der Waals surface area contributed by atoms with Gasteiger partial charge in [-0.2, -0.15) is 0 Å². The molecule has 1 heterocycles. The van der Waals surface area contributed by atoms with E-state index >= 15 is 0 Å².